The van der Waals surface area contributed by atoms with E-state index in [1.54, 1.807) is 112 Å². The van der Waals surface area contributed by atoms with Gasteiger partial charge in [-0.2, -0.15) is 0 Å². The van der Waals surface area contributed by atoms with Gasteiger partial charge in [0.2, 0.25) is 0 Å². The number of Topliss-reactive ketones (excluding diaryl/α,β-unsaturated/α-hetero) is 2. The van der Waals surface area contributed by atoms with E-state index in [1.807, 2.05) is 0 Å². The van der Waals surface area contributed by atoms with Crippen molar-refractivity contribution >= 4 is 29.5 Å². The van der Waals surface area contributed by atoms with E-state index in [9.17, 15) is 34.5 Å². The first kappa shape index (κ1) is 44.8. The number of fused-ring (bicyclic) bond motifs is 5. The standard InChI is InChI=1S/C48H54O14/c1-27-35(61-44(55)39(53)33(30-16-10-7-11-17-30)22-34(51)31-18-12-8-13-19-31)24-48(56)43(59-26-58-32-20-14-9-15-21-32)41-46(6,36(52)23-37-47(41,25-57-37)62-29(3)50)42(54)40(60-28(2)49)38(27)45(48,4)5/h7-21,33,35-37,39-41,43,52-53,56H,22-26H2,1-6H3/t33?,35-,36?,37+,39?,40+,41-,43-,46+,47-,48+/m0/s1. The number of benzene rings is 3. The second-order valence-electron chi connectivity index (χ2n) is 17.6. The van der Waals surface area contributed by atoms with Gasteiger partial charge in [0.25, 0.3) is 0 Å². The van der Waals surface area contributed by atoms with E-state index in [4.69, 9.17) is 28.4 Å². The third-order valence-electron chi connectivity index (χ3n) is 13.8. The predicted molar refractivity (Wildman–Crippen MR) is 220 cm³/mol. The summed E-state index contributed by atoms with van der Waals surface area (Å²) in [6.45, 7) is 7.97. The molecule has 1 aliphatic heterocycles. The monoisotopic (exact) mass is 854 g/mol. The van der Waals surface area contributed by atoms with Gasteiger partial charge in [-0.1, -0.05) is 92.7 Å². The number of esters is 3. The molecule has 3 unspecified atom stereocenters. The van der Waals surface area contributed by atoms with Crippen LogP contribution in [0.3, 0.4) is 0 Å². The third-order valence-corrected chi connectivity index (χ3v) is 13.8. The molecule has 2 bridgehead atoms. The normalized spacial score (nSPS) is 32.0. The summed E-state index contributed by atoms with van der Waals surface area (Å²) in [7, 11) is 0. The Hall–Kier alpha value is -5.25. The molecule has 14 nitrogen and oxygen atoms in total. The molecule has 7 rings (SSSR count). The molecule has 11 atom stereocenters. The van der Waals surface area contributed by atoms with Crippen molar-refractivity contribution in [2.45, 2.75) is 115 Å². The van der Waals surface area contributed by atoms with Crippen molar-refractivity contribution in [3.05, 3.63) is 113 Å². The van der Waals surface area contributed by atoms with E-state index in [-0.39, 0.29) is 36.4 Å². The first-order chi connectivity index (χ1) is 29.4. The van der Waals surface area contributed by atoms with Crippen LogP contribution in [0.4, 0.5) is 0 Å². The van der Waals surface area contributed by atoms with Crippen molar-refractivity contribution in [1.29, 1.82) is 0 Å². The molecule has 0 radical (unpaired) electrons. The number of aliphatic hydroxyl groups excluding tert-OH is 2. The van der Waals surface area contributed by atoms with Crippen molar-refractivity contribution in [2.75, 3.05) is 13.4 Å². The van der Waals surface area contributed by atoms with Gasteiger partial charge in [0, 0.05) is 55.9 Å². The summed E-state index contributed by atoms with van der Waals surface area (Å²) in [5.74, 6) is -5.77. The van der Waals surface area contributed by atoms with Crippen molar-refractivity contribution in [1.82, 2.24) is 0 Å². The Labute approximate surface area is 360 Å². The SMILES string of the molecule is CC(=O)O[C@H]1C(=O)[C@]2(C)C(O)C[C@H]3OC[C@@]3(OC(C)=O)[C@H]2[C@H](OCOc2ccccc2)[C@]2(O)C[C@H](OC(=O)C(O)C(CC(=O)c3ccccc3)c3ccccc3)C(C)=C1C2(C)C. The number of ketones is 2. The fraction of sp³-hybridized carbons (Fsp3) is 0.479. The van der Waals surface area contributed by atoms with Gasteiger partial charge in [-0.05, 0) is 42.7 Å². The maximum Gasteiger partial charge on any atom is 0.336 e. The van der Waals surface area contributed by atoms with Crippen LogP contribution >= 0.6 is 0 Å². The zero-order valence-corrected chi connectivity index (χ0v) is 35.6. The fourth-order valence-corrected chi connectivity index (χ4v) is 10.4. The quantitative estimate of drug-likeness (QED) is 0.0695. The van der Waals surface area contributed by atoms with Gasteiger partial charge in [0.15, 0.2) is 36.2 Å². The summed E-state index contributed by atoms with van der Waals surface area (Å²) in [4.78, 5) is 69.4. The first-order valence-corrected chi connectivity index (χ1v) is 20.8. The summed E-state index contributed by atoms with van der Waals surface area (Å²) in [5.41, 5.74) is -6.06. The third kappa shape index (κ3) is 7.65. The molecule has 0 aromatic heterocycles. The molecule has 3 fully saturated rings. The number of aliphatic hydroxyl groups is 3. The molecular formula is C48H54O14. The molecule has 3 aromatic rings. The molecule has 1 heterocycles. The molecule has 3 aromatic carbocycles. The summed E-state index contributed by atoms with van der Waals surface area (Å²) < 4.78 is 36.7. The van der Waals surface area contributed by atoms with Crippen LogP contribution in [0.2, 0.25) is 0 Å². The molecule has 14 heteroatoms. The molecule has 3 N–H and O–H groups in total. The molecule has 3 aliphatic carbocycles. The second-order valence-corrected chi connectivity index (χ2v) is 17.6. The molecule has 0 amide bonds. The van der Waals surface area contributed by atoms with E-state index >= 15 is 4.79 Å². The highest BCUT2D eigenvalue weighted by atomic mass is 16.7. The van der Waals surface area contributed by atoms with Gasteiger partial charge in [0.05, 0.1) is 24.2 Å². The van der Waals surface area contributed by atoms with Gasteiger partial charge in [-0.15, -0.1) is 0 Å². The first-order valence-electron chi connectivity index (χ1n) is 20.8. The van der Waals surface area contributed by atoms with Crippen molar-refractivity contribution < 1.29 is 67.7 Å². The van der Waals surface area contributed by atoms with E-state index < -0.39 is 107 Å². The Kier molecular flexibility index (Phi) is 12.4. The lowest BCUT2D eigenvalue weighted by atomic mass is 9.44. The predicted octanol–water partition coefficient (Wildman–Crippen LogP) is 4.82. The van der Waals surface area contributed by atoms with Crippen molar-refractivity contribution in [3.63, 3.8) is 0 Å². The minimum atomic E-state index is -2.20. The van der Waals surface area contributed by atoms with Gasteiger partial charge < -0.3 is 43.7 Å². The van der Waals surface area contributed by atoms with E-state index in [2.05, 4.69) is 0 Å². The van der Waals surface area contributed by atoms with E-state index in [0.29, 0.717) is 16.9 Å². The number of para-hydroxylation sites is 1. The van der Waals surface area contributed by atoms with Gasteiger partial charge in [-0.25, -0.2) is 4.79 Å². The molecule has 330 valence electrons. The number of hydrogen-bond donors (Lipinski definition) is 3. The van der Waals surface area contributed by atoms with Crippen molar-refractivity contribution in [2.24, 2.45) is 16.7 Å². The fourth-order valence-electron chi connectivity index (χ4n) is 10.4. The summed E-state index contributed by atoms with van der Waals surface area (Å²) in [6, 6.07) is 25.8. The number of rotatable bonds is 13. The van der Waals surface area contributed by atoms with Gasteiger partial charge >= 0.3 is 17.9 Å². The molecule has 4 aliphatic rings. The lowest BCUT2D eigenvalue weighted by molar-refractivity contribution is -0.353. The van der Waals surface area contributed by atoms with Crippen LogP contribution in [-0.4, -0.2) is 106 Å². The van der Waals surface area contributed by atoms with Crippen LogP contribution < -0.4 is 4.74 Å². The van der Waals surface area contributed by atoms with Crippen LogP contribution in [-0.2, 0) is 42.9 Å². The van der Waals surface area contributed by atoms with Crippen LogP contribution in [0.15, 0.2) is 102 Å². The van der Waals surface area contributed by atoms with Crippen LogP contribution in [0, 0.1) is 16.7 Å². The zero-order chi connectivity index (χ0) is 44.8. The largest absolute Gasteiger partial charge is 0.468 e. The highest BCUT2D eigenvalue weighted by molar-refractivity contribution is 5.97. The maximum atomic E-state index is 15.5. The van der Waals surface area contributed by atoms with Gasteiger partial charge in [0.1, 0.15) is 23.6 Å². The lowest BCUT2D eigenvalue weighted by Crippen LogP contribution is -2.81. The van der Waals surface area contributed by atoms with Crippen LogP contribution in [0.25, 0.3) is 0 Å². The van der Waals surface area contributed by atoms with Crippen LogP contribution in [0.5, 0.6) is 5.75 Å². The molecule has 2 saturated carbocycles. The maximum absolute atomic E-state index is 15.5. The Balaban J connectivity index is 1.35. The highest BCUT2D eigenvalue weighted by Gasteiger charge is 2.77. The van der Waals surface area contributed by atoms with E-state index in [0.717, 1.165) is 6.92 Å². The number of ether oxygens (including phenoxy) is 6. The molecule has 1 saturated heterocycles. The molecule has 0 spiro atoms. The van der Waals surface area contributed by atoms with Crippen molar-refractivity contribution in [3.8, 4) is 5.75 Å². The Bertz CT molecular complexity index is 2210. The molecular weight excluding hydrogens is 801 g/mol. The Morgan fingerprint density at radius 3 is 2.06 bits per heavy atom. The Morgan fingerprint density at radius 2 is 1.48 bits per heavy atom. The topological polar surface area (TPSA) is 201 Å². The lowest BCUT2D eigenvalue weighted by Gasteiger charge is -2.67. The number of carbonyl (C=O) groups is 5. The summed E-state index contributed by atoms with van der Waals surface area (Å²) >= 11 is 0. The molecule has 62 heavy (non-hydrogen) atoms. The Morgan fingerprint density at radius 1 is 0.871 bits per heavy atom. The minimum Gasteiger partial charge on any atom is -0.468 e. The number of carbonyl (C=O) groups excluding carboxylic acids is 5. The summed E-state index contributed by atoms with van der Waals surface area (Å²) in [5, 5.41) is 37.6. The smallest absolute Gasteiger partial charge is 0.336 e. The number of hydrogen-bond acceptors (Lipinski definition) is 14. The average molecular weight is 855 g/mol. The second kappa shape index (κ2) is 17.1. The minimum absolute atomic E-state index is 0.0931. The zero-order valence-electron chi connectivity index (χ0n) is 35.6. The van der Waals surface area contributed by atoms with E-state index in [1.165, 1.54) is 13.8 Å². The summed E-state index contributed by atoms with van der Waals surface area (Å²) in [6.07, 6.45) is -9.74. The average Bonchev–Trinajstić information content (AvgIpc) is 3.24. The highest BCUT2D eigenvalue weighted by Crippen LogP contribution is 2.64. The van der Waals surface area contributed by atoms with Gasteiger partial charge in [-0.3, -0.25) is 19.2 Å². The van der Waals surface area contributed by atoms with Crippen LogP contribution in [0.1, 0.15) is 82.6 Å².